The highest BCUT2D eigenvalue weighted by atomic mass is 35.5. The second kappa shape index (κ2) is 14.4. The molecule has 2 aromatic carbocycles. The van der Waals surface area contributed by atoms with Gasteiger partial charge in [-0.25, -0.2) is 5.48 Å². The Morgan fingerprint density at radius 2 is 1.54 bits per heavy atom. The summed E-state index contributed by atoms with van der Waals surface area (Å²) < 4.78 is 0. The van der Waals surface area contributed by atoms with E-state index in [-0.39, 0.29) is 18.0 Å². The van der Waals surface area contributed by atoms with Crippen molar-refractivity contribution in [3.8, 4) is 23.7 Å². The zero-order valence-electron chi connectivity index (χ0n) is 18.9. The van der Waals surface area contributed by atoms with Crippen molar-refractivity contribution < 1.29 is 24.7 Å². The number of aliphatic hydroxyl groups excluding tert-OH is 1. The van der Waals surface area contributed by atoms with Crippen molar-refractivity contribution >= 4 is 35.0 Å². The van der Waals surface area contributed by atoms with Gasteiger partial charge >= 0.3 is 0 Å². The van der Waals surface area contributed by atoms with E-state index >= 15 is 0 Å². The molecule has 3 amide bonds. The third-order valence-electron chi connectivity index (χ3n) is 4.51. The van der Waals surface area contributed by atoms with Crippen molar-refractivity contribution in [2.24, 2.45) is 0 Å². The zero-order valence-corrected chi connectivity index (χ0v) is 19.6. The summed E-state index contributed by atoms with van der Waals surface area (Å²) in [5.74, 6) is 9.99. The average molecular weight is 497 g/mol. The minimum Gasteiger partial charge on any atom is -0.391 e. The number of hydroxylamine groups is 1. The van der Waals surface area contributed by atoms with Crippen LogP contribution in [0.2, 0.25) is 0 Å². The van der Waals surface area contributed by atoms with Crippen molar-refractivity contribution in [2.75, 3.05) is 24.3 Å². The maximum Gasteiger partial charge on any atom is 0.268 e. The number of rotatable bonds is 9. The SMILES string of the molecule is C[C@@H](O)[C@H](NC(=O)c1ccc(C#CC#Cc2ccc(NC(=O)CNCCCl)cc2)cc1)C(=O)NO. The fraction of sp³-hybridized carbons (Fsp3) is 0.240. The molecular formula is C25H25ClN4O5. The lowest BCUT2D eigenvalue weighted by molar-refractivity contribution is -0.133. The van der Waals surface area contributed by atoms with Crippen LogP contribution in [0.4, 0.5) is 5.69 Å². The van der Waals surface area contributed by atoms with Gasteiger partial charge in [0.1, 0.15) is 6.04 Å². The molecule has 0 aliphatic carbocycles. The largest absolute Gasteiger partial charge is 0.391 e. The molecule has 0 radical (unpaired) electrons. The maximum absolute atomic E-state index is 12.3. The second-order valence-electron chi connectivity index (χ2n) is 7.24. The van der Waals surface area contributed by atoms with E-state index in [1.807, 2.05) is 0 Å². The molecule has 35 heavy (non-hydrogen) atoms. The maximum atomic E-state index is 12.3. The van der Waals surface area contributed by atoms with E-state index < -0.39 is 24.0 Å². The molecule has 0 spiro atoms. The summed E-state index contributed by atoms with van der Waals surface area (Å²) in [5, 5.41) is 26.3. The lowest BCUT2D eigenvalue weighted by atomic mass is 10.1. The number of carbonyl (C=O) groups excluding carboxylic acids is 3. The Labute approximate surface area is 208 Å². The first-order chi connectivity index (χ1) is 16.8. The molecule has 0 saturated heterocycles. The fourth-order valence-electron chi connectivity index (χ4n) is 2.72. The van der Waals surface area contributed by atoms with E-state index in [4.69, 9.17) is 16.8 Å². The Balaban J connectivity index is 1.92. The Kier molecular flexibility index (Phi) is 11.3. The van der Waals surface area contributed by atoms with Crippen molar-refractivity contribution in [1.29, 1.82) is 0 Å². The molecule has 0 unspecified atom stereocenters. The lowest BCUT2D eigenvalue weighted by Gasteiger charge is -2.19. The normalized spacial score (nSPS) is 11.5. The Hall–Kier alpha value is -3.86. The molecule has 2 rings (SSSR count). The van der Waals surface area contributed by atoms with Gasteiger partial charge in [0.25, 0.3) is 11.8 Å². The molecule has 10 heteroatoms. The van der Waals surface area contributed by atoms with E-state index in [0.29, 0.717) is 23.7 Å². The topological polar surface area (TPSA) is 140 Å². The molecule has 9 nitrogen and oxygen atoms in total. The fourth-order valence-corrected chi connectivity index (χ4v) is 2.86. The number of hydrogen-bond donors (Lipinski definition) is 6. The predicted octanol–water partition coefficient (Wildman–Crippen LogP) is 0.841. The van der Waals surface area contributed by atoms with Gasteiger partial charge in [-0.15, -0.1) is 11.6 Å². The van der Waals surface area contributed by atoms with Gasteiger partial charge in [0, 0.05) is 34.8 Å². The van der Waals surface area contributed by atoms with E-state index in [9.17, 15) is 19.5 Å². The molecule has 2 aromatic rings. The molecule has 0 aliphatic heterocycles. The number of aliphatic hydroxyl groups is 1. The molecular weight excluding hydrogens is 472 g/mol. The van der Waals surface area contributed by atoms with Crippen LogP contribution >= 0.6 is 11.6 Å². The number of amides is 3. The summed E-state index contributed by atoms with van der Waals surface area (Å²) in [6, 6.07) is 12.0. The average Bonchev–Trinajstić information content (AvgIpc) is 2.86. The molecule has 0 aliphatic rings. The summed E-state index contributed by atoms with van der Waals surface area (Å²) in [6.07, 6.45) is -1.20. The number of carbonyl (C=O) groups is 3. The van der Waals surface area contributed by atoms with Crippen molar-refractivity contribution in [3.63, 3.8) is 0 Å². The number of halogens is 1. The molecule has 0 heterocycles. The van der Waals surface area contributed by atoms with Crippen LogP contribution in [-0.2, 0) is 9.59 Å². The van der Waals surface area contributed by atoms with Gasteiger partial charge in [-0.1, -0.05) is 11.8 Å². The standard InChI is InChI=1S/C25H25ClN4O5/c1-17(31)23(25(34)30-35)29-24(33)20-10-6-18(7-11-20)4-2-3-5-19-8-12-21(13-9-19)28-22(32)16-27-15-14-26/h6-13,17,23,27,31,35H,14-16H2,1H3,(H,28,32)(H,29,33)(H,30,34)/t17-,23+/m1/s1. The Bertz CT molecular complexity index is 1140. The van der Waals surface area contributed by atoms with Gasteiger partial charge in [-0.05, 0) is 67.3 Å². The van der Waals surface area contributed by atoms with E-state index in [2.05, 4.69) is 39.6 Å². The van der Waals surface area contributed by atoms with Crippen molar-refractivity contribution in [1.82, 2.24) is 16.1 Å². The number of benzene rings is 2. The van der Waals surface area contributed by atoms with E-state index in [1.54, 1.807) is 36.4 Å². The van der Waals surface area contributed by atoms with Gasteiger partial charge in [0.05, 0.1) is 12.6 Å². The van der Waals surface area contributed by atoms with Crippen LogP contribution < -0.4 is 21.4 Å². The van der Waals surface area contributed by atoms with E-state index in [1.165, 1.54) is 24.5 Å². The zero-order chi connectivity index (χ0) is 25.6. The van der Waals surface area contributed by atoms with Crippen LogP contribution in [0.5, 0.6) is 0 Å². The summed E-state index contributed by atoms with van der Waals surface area (Å²) >= 11 is 5.55. The van der Waals surface area contributed by atoms with Crippen LogP contribution in [0.15, 0.2) is 48.5 Å². The Morgan fingerprint density at radius 3 is 2.06 bits per heavy atom. The third-order valence-corrected chi connectivity index (χ3v) is 4.70. The van der Waals surface area contributed by atoms with Crippen molar-refractivity contribution in [3.05, 3.63) is 65.2 Å². The number of alkyl halides is 1. The molecule has 0 aromatic heterocycles. The van der Waals surface area contributed by atoms with Gasteiger partial charge < -0.3 is 21.1 Å². The molecule has 0 fully saturated rings. The number of hydrogen-bond acceptors (Lipinski definition) is 6. The van der Waals surface area contributed by atoms with Crippen LogP contribution in [0.3, 0.4) is 0 Å². The highest BCUT2D eigenvalue weighted by molar-refractivity contribution is 6.18. The number of nitrogens with one attached hydrogen (secondary N) is 4. The monoisotopic (exact) mass is 496 g/mol. The first-order valence-electron chi connectivity index (χ1n) is 10.6. The quantitative estimate of drug-likeness (QED) is 0.0999. The van der Waals surface area contributed by atoms with Crippen molar-refractivity contribution in [2.45, 2.75) is 19.1 Å². The molecule has 6 N–H and O–H groups in total. The second-order valence-corrected chi connectivity index (χ2v) is 7.61. The van der Waals surface area contributed by atoms with Crippen LogP contribution in [0.25, 0.3) is 0 Å². The minimum absolute atomic E-state index is 0.165. The highest BCUT2D eigenvalue weighted by Crippen LogP contribution is 2.08. The van der Waals surface area contributed by atoms with Gasteiger partial charge in [-0.3, -0.25) is 19.6 Å². The summed E-state index contributed by atoms with van der Waals surface area (Å²) in [6.45, 7) is 2.05. The van der Waals surface area contributed by atoms with Crippen LogP contribution in [-0.4, -0.2) is 59.2 Å². The third kappa shape index (κ3) is 9.49. The summed E-state index contributed by atoms with van der Waals surface area (Å²) in [4.78, 5) is 35.6. The lowest BCUT2D eigenvalue weighted by Crippen LogP contribution is -2.51. The Morgan fingerprint density at radius 1 is 0.971 bits per heavy atom. The summed E-state index contributed by atoms with van der Waals surface area (Å²) in [7, 11) is 0. The van der Waals surface area contributed by atoms with Crippen LogP contribution in [0, 0.1) is 23.7 Å². The minimum atomic E-state index is -1.30. The molecule has 0 saturated carbocycles. The first-order valence-corrected chi connectivity index (χ1v) is 11.1. The number of anilines is 1. The molecule has 0 bridgehead atoms. The van der Waals surface area contributed by atoms with Gasteiger partial charge in [0.15, 0.2) is 0 Å². The molecule has 2 atom stereocenters. The van der Waals surface area contributed by atoms with Gasteiger partial charge in [-0.2, -0.15) is 0 Å². The van der Waals surface area contributed by atoms with Crippen LogP contribution in [0.1, 0.15) is 28.4 Å². The first kappa shape index (κ1) is 27.4. The molecule has 182 valence electrons. The smallest absolute Gasteiger partial charge is 0.268 e. The van der Waals surface area contributed by atoms with E-state index in [0.717, 1.165) is 5.56 Å². The van der Waals surface area contributed by atoms with Gasteiger partial charge in [0.2, 0.25) is 5.91 Å². The highest BCUT2D eigenvalue weighted by Gasteiger charge is 2.25. The summed E-state index contributed by atoms with van der Waals surface area (Å²) in [5.41, 5.74) is 3.66. The predicted molar refractivity (Wildman–Crippen MR) is 132 cm³/mol.